The fourth-order valence-electron chi connectivity index (χ4n) is 1.90. The molecule has 0 aromatic heterocycles. The lowest BCUT2D eigenvalue weighted by Gasteiger charge is -2.28. The lowest BCUT2D eigenvalue weighted by Crippen LogP contribution is -2.42. The van der Waals surface area contributed by atoms with Gasteiger partial charge in [0.05, 0.1) is 0 Å². The highest BCUT2D eigenvalue weighted by Gasteiger charge is 2.12. The van der Waals surface area contributed by atoms with Crippen LogP contribution in [0.15, 0.2) is 0 Å². The van der Waals surface area contributed by atoms with E-state index >= 15 is 0 Å². The molecule has 2 atom stereocenters. The summed E-state index contributed by atoms with van der Waals surface area (Å²) in [5.41, 5.74) is 0. The van der Waals surface area contributed by atoms with Crippen molar-refractivity contribution in [3.63, 3.8) is 0 Å². The molecule has 0 saturated carbocycles. The van der Waals surface area contributed by atoms with E-state index in [1.807, 2.05) is 0 Å². The van der Waals surface area contributed by atoms with Gasteiger partial charge in [-0.15, -0.1) is 0 Å². The Labute approximate surface area is 103 Å². The minimum Gasteiger partial charge on any atom is -0.313 e. The van der Waals surface area contributed by atoms with E-state index < -0.39 is 0 Å². The van der Waals surface area contributed by atoms with Crippen LogP contribution >= 0.6 is 0 Å². The number of nitrogens with zero attached hydrogens (tertiary/aromatic N) is 1. The minimum absolute atomic E-state index is 0.670. The molecule has 98 valence electrons. The zero-order valence-electron chi connectivity index (χ0n) is 12.1. The molecule has 0 aromatic rings. The highest BCUT2D eigenvalue weighted by atomic mass is 15.1. The standard InChI is InChI=1S/C14H32N2/c1-6-10-15-14(8-3)12-16(9-4)11-13(5)7-2/h13-15H,6-12H2,1-5H3. The van der Waals surface area contributed by atoms with Crippen LogP contribution in [0.5, 0.6) is 0 Å². The molecule has 2 nitrogen and oxygen atoms in total. The van der Waals surface area contributed by atoms with Crippen molar-refractivity contribution < 1.29 is 0 Å². The molecule has 0 saturated heterocycles. The number of nitrogens with one attached hydrogen (secondary N) is 1. The Hall–Kier alpha value is -0.0800. The number of hydrogen-bond acceptors (Lipinski definition) is 2. The van der Waals surface area contributed by atoms with Gasteiger partial charge in [-0.1, -0.05) is 41.0 Å². The molecule has 16 heavy (non-hydrogen) atoms. The van der Waals surface area contributed by atoms with Gasteiger partial charge in [0, 0.05) is 19.1 Å². The SMILES string of the molecule is CCCNC(CC)CN(CC)CC(C)CC. The van der Waals surface area contributed by atoms with Gasteiger partial charge in [0.15, 0.2) is 0 Å². The molecule has 2 heteroatoms. The summed E-state index contributed by atoms with van der Waals surface area (Å²) >= 11 is 0. The number of hydrogen-bond donors (Lipinski definition) is 1. The van der Waals surface area contributed by atoms with Gasteiger partial charge >= 0.3 is 0 Å². The predicted molar refractivity (Wildman–Crippen MR) is 73.9 cm³/mol. The summed E-state index contributed by atoms with van der Waals surface area (Å²) in [4.78, 5) is 2.59. The van der Waals surface area contributed by atoms with Crippen molar-refractivity contribution in [3.05, 3.63) is 0 Å². The highest BCUT2D eigenvalue weighted by molar-refractivity contribution is 4.71. The van der Waals surface area contributed by atoms with Crippen LogP contribution in [0.25, 0.3) is 0 Å². The summed E-state index contributed by atoms with van der Waals surface area (Å²) in [6, 6.07) is 0.670. The van der Waals surface area contributed by atoms with E-state index in [0.717, 1.165) is 12.5 Å². The van der Waals surface area contributed by atoms with Crippen LogP contribution < -0.4 is 5.32 Å². The molecular formula is C14H32N2. The first-order valence-electron chi connectivity index (χ1n) is 7.13. The summed E-state index contributed by atoms with van der Waals surface area (Å²) in [6.45, 7) is 16.2. The molecule has 0 bridgehead atoms. The Kier molecular flexibility index (Phi) is 10.0. The summed E-state index contributed by atoms with van der Waals surface area (Å²) < 4.78 is 0. The first-order valence-corrected chi connectivity index (χ1v) is 7.13. The van der Waals surface area contributed by atoms with Crippen LogP contribution in [0.4, 0.5) is 0 Å². The molecule has 1 N–H and O–H groups in total. The molecule has 0 aliphatic heterocycles. The smallest absolute Gasteiger partial charge is 0.0192 e. The van der Waals surface area contributed by atoms with Gasteiger partial charge in [-0.3, -0.25) is 0 Å². The number of rotatable bonds is 10. The Morgan fingerprint density at radius 2 is 1.69 bits per heavy atom. The summed E-state index contributed by atoms with van der Waals surface area (Å²) in [5.74, 6) is 0.823. The van der Waals surface area contributed by atoms with E-state index in [2.05, 4.69) is 44.8 Å². The maximum atomic E-state index is 3.63. The zero-order valence-corrected chi connectivity index (χ0v) is 12.1. The third-order valence-corrected chi connectivity index (χ3v) is 3.37. The first kappa shape index (κ1) is 15.9. The van der Waals surface area contributed by atoms with Crippen molar-refractivity contribution in [1.29, 1.82) is 0 Å². The van der Waals surface area contributed by atoms with Crippen molar-refractivity contribution in [2.45, 2.75) is 59.9 Å². The average molecular weight is 228 g/mol. The number of likely N-dealkylation sites (N-methyl/N-ethyl adjacent to an activating group) is 1. The molecule has 0 aliphatic rings. The van der Waals surface area contributed by atoms with Crippen molar-refractivity contribution in [2.75, 3.05) is 26.2 Å². The first-order chi connectivity index (χ1) is 7.67. The molecule has 2 unspecified atom stereocenters. The van der Waals surface area contributed by atoms with E-state index in [4.69, 9.17) is 0 Å². The minimum atomic E-state index is 0.670. The second-order valence-electron chi connectivity index (χ2n) is 4.92. The van der Waals surface area contributed by atoms with Crippen LogP contribution in [0, 0.1) is 5.92 Å². The maximum absolute atomic E-state index is 3.63. The van der Waals surface area contributed by atoms with Crippen LogP contribution in [0.1, 0.15) is 53.9 Å². The van der Waals surface area contributed by atoms with E-state index in [0.29, 0.717) is 6.04 Å². The average Bonchev–Trinajstić information content (AvgIpc) is 2.32. The van der Waals surface area contributed by atoms with Gasteiger partial charge in [-0.2, -0.15) is 0 Å². The topological polar surface area (TPSA) is 15.3 Å². The monoisotopic (exact) mass is 228 g/mol. The summed E-state index contributed by atoms with van der Waals surface area (Å²) in [6.07, 6.45) is 3.75. The van der Waals surface area contributed by atoms with Gasteiger partial charge in [0.25, 0.3) is 0 Å². The second kappa shape index (κ2) is 10.1. The van der Waals surface area contributed by atoms with Gasteiger partial charge in [0.1, 0.15) is 0 Å². The van der Waals surface area contributed by atoms with Gasteiger partial charge in [0.2, 0.25) is 0 Å². The quantitative estimate of drug-likeness (QED) is 0.618. The third kappa shape index (κ3) is 7.24. The Bertz CT molecular complexity index is 148. The fourth-order valence-corrected chi connectivity index (χ4v) is 1.90. The van der Waals surface area contributed by atoms with E-state index in [9.17, 15) is 0 Å². The molecule has 0 spiro atoms. The molecule has 0 heterocycles. The molecule has 0 radical (unpaired) electrons. The van der Waals surface area contributed by atoms with Crippen LogP contribution in [0.3, 0.4) is 0 Å². The lowest BCUT2D eigenvalue weighted by atomic mass is 10.1. The zero-order chi connectivity index (χ0) is 12.4. The van der Waals surface area contributed by atoms with Crippen LogP contribution in [0.2, 0.25) is 0 Å². The van der Waals surface area contributed by atoms with E-state index in [-0.39, 0.29) is 0 Å². The predicted octanol–water partition coefficient (Wildman–Crippen LogP) is 3.13. The second-order valence-corrected chi connectivity index (χ2v) is 4.92. The normalized spacial score (nSPS) is 15.4. The molecule has 0 fully saturated rings. The summed E-state index contributed by atoms with van der Waals surface area (Å²) in [5, 5.41) is 3.63. The van der Waals surface area contributed by atoms with Crippen molar-refractivity contribution in [2.24, 2.45) is 5.92 Å². The van der Waals surface area contributed by atoms with Crippen molar-refractivity contribution >= 4 is 0 Å². The largest absolute Gasteiger partial charge is 0.313 e. The third-order valence-electron chi connectivity index (χ3n) is 3.37. The lowest BCUT2D eigenvalue weighted by molar-refractivity contribution is 0.217. The molecule has 0 aromatic carbocycles. The molecule has 0 amide bonds. The fraction of sp³-hybridized carbons (Fsp3) is 1.00. The molecular weight excluding hydrogens is 196 g/mol. The Morgan fingerprint density at radius 3 is 2.12 bits per heavy atom. The Morgan fingerprint density at radius 1 is 1.00 bits per heavy atom. The van der Waals surface area contributed by atoms with Crippen LogP contribution in [-0.2, 0) is 0 Å². The highest BCUT2D eigenvalue weighted by Crippen LogP contribution is 2.05. The van der Waals surface area contributed by atoms with Gasteiger partial charge in [-0.05, 0) is 31.8 Å². The van der Waals surface area contributed by atoms with Crippen molar-refractivity contribution in [3.8, 4) is 0 Å². The van der Waals surface area contributed by atoms with Gasteiger partial charge in [-0.25, -0.2) is 0 Å². The van der Waals surface area contributed by atoms with E-state index in [1.54, 1.807) is 0 Å². The van der Waals surface area contributed by atoms with E-state index in [1.165, 1.54) is 38.9 Å². The Balaban J connectivity index is 3.95. The van der Waals surface area contributed by atoms with Crippen LogP contribution in [-0.4, -0.2) is 37.1 Å². The molecule has 0 rings (SSSR count). The molecule has 0 aliphatic carbocycles. The maximum Gasteiger partial charge on any atom is 0.0192 e. The van der Waals surface area contributed by atoms with Crippen molar-refractivity contribution in [1.82, 2.24) is 10.2 Å². The summed E-state index contributed by atoms with van der Waals surface area (Å²) in [7, 11) is 0. The van der Waals surface area contributed by atoms with Gasteiger partial charge < -0.3 is 10.2 Å².